The van der Waals surface area contributed by atoms with E-state index in [0.717, 1.165) is 10.0 Å². The van der Waals surface area contributed by atoms with Gasteiger partial charge in [0.1, 0.15) is 0 Å². The van der Waals surface area contributed by atoms with E-state index in [1.54, 1.807) is 13.2 Å². The molecular weight excluding hydrogens is 306 g/mol. The Kier molecular flexibility index (Phi) is 5.42. The molecule has 96 valence electrons. The minimum Gasteiger partial charge on any atom is -0.385 e. The van der Waals surface area contributed by atoms with Gasteiger partial charge in [0.05, 0.1) is 11.4 Å². The Morgan fingerprint density at radius 3 is 2.71 bits per heavy atom. The number of rotatable bonds is 6. The van der Waals surface area contributed by atoms with Crippen LogP contribution < -0.4 is 4.72 Å². The number of aryl methyl sites for hydroxylation is 1. The molecule has 0 spiro atoms. The van der Waals surface area contributed by atoms with Crippen LogP contribution in [0.2, 0.25) is 0 Å². The second-order valence-corrected chi connectivity index (χ2v) is 6.45. The topological polar surface area (TPSA) is 55.4 Å². The summed E-state index contributed by atoms with van der Waals surface area (Å²) in [4.78, 5) is 0. The molecule has 1 aromatic carbocycles. The summed E-state index contributed by atoms with van der Waals surface area (Å²) in [7, 11) is -1.75. The molecule has 0 aromatic heterocycles. The fraction of sp³-hybridized carbons (Fsp3) is 0.455. The lowest BCUT2D eigenvalue weighted by Crippen LogP contribution is -2.18. The van der Waals surface area contributed by atoms with Crippen LogP contribution in [-0.4, -0.2) is 27.9 Å². The van der Waals surface area contributed by atoms with E-state index in [-0.39, 0.29) is 5.75 Å². The van der Waals surface area contributed by atoms with Crippen molar-refractivity contribution in [3.8, 4) is 0 Å². The number of anilines is 1. The van der Waals surface area contributed by atoms with Crippen LogP contribution in [0, 0.1) is 6.92 Å². The van der Waals surface area contributed by atoms with Crippen LogP contribution in [0.3, 0.4) is 0 Å². The predicted octanol–water partition coefficient (Wildman–Crippen LogP) is 2.54. The highest BCUT2D eigenvalue weighted by atomic mass is 79.9. The van der Waals surface area contributed by atoms with Gasteiger partial charge in [-0.25, -0.2) is 8.42 Å². The van der Waals surface area contributed by atoms with Gasteiger partial charge in [-0.3, -0.25) is 4.72 Å². The van der Waals surface area contributed by atoms with Crippen LogP contribution in [0.4, 0.5) is 5.69 Å². The zero-order chi connectivity index (χ0) is 12.9. The second kappa shape index (κ2) is 6.37. The monoisotopic (exact) mass is 321 g/mol. The summed E-state index contributed by atoms with van der Waals surface area (Å²) >= 11 is 3.33. The first kappa shape index (κ1) is 14.5. The normalized spacial score (nSPS) is 11.5. The minimum absolute atomic E-state index is 0.0567. The lowest BCUT2D eigenvalue weighted by Gasteiger charge is -2.10. The van der Waals surface area contributed by atoms with Gasteiger partial charge in [-0.15, -0.1) is 0 Å². The summed E-state index contributed by atoms with van der Waals surface area (Å²) in [5, 5.41) is 0. The third-order valence-corrected chi connectivity index (χ3v) is 4.16. The maximum Gasteiger partial charge on any atom is 0.232 e. The highest BCUT2D eigenvalue weighted by molar-refractivity contribution is 9.10. The van der Waals surface area contributed by atoms with Crippen LogP contribution in [0.1, 0.15) is 12.0 Å². The molecule has 1 rings (SSSR count). The largest absolute Gasteiger partial charge is 0.385 e. The van der Waals surface area contributed by atoms with Crippen molar-refractivity contribution in [3.63, 3.8) is 0 Å². The molecule has 0 saturated heterocycles. The Balaban J connectivity index is 2.69. The first-order chi connectivity index (χ1) is 7.94. The molecule has 0 aliphatic carbocycles. The average Bonchev–Trinajstić information content (AvgIpc) is 2.22. The van der Waals surface area contributed by atoms with E-state index in [2.05, 4.69) is 20.7 Å². The van der Waals surface area contributed by atoms with Crippen molar-refractivity contribution in [1.82, 2.24) is 0 Å². The molecule has 6 heteroatoms. The van der Waals surface area contributed by atoms with E-state index in [0.29, 0.717) is 18.7 Å². The van der Waals surface area contributed by atoms with Crippen molar-refractivity contribution >= 4 is 31.6 Å². The van der Waals surface area contributed by atoms with Crippen LogP contribution in [0.25, 0.3) is 0 Å². The van der Waals surface area contributed by atoms with Crippen molar-refractivity contribution in [3.05, 3.63) is 28.2 Å². The van der Waals surface area contributed by atoms with Crippen LogP contribution in [0.15, 0.2) is 22.7 Å². The Bertz CT molecular complexity index is 474. The van der Waals surface area contributed by atoms with E-state index in [4.69, 9.17) is 4.74 Å². The first-order valence-corrected chi connectivity index (χ1v) is 7.65. The average molecular weight is 322 g/mol. The van der Waals surface area contributed by atoms with E-state index < -0.39 is 10.0 Å². The van der Waals surface area contributed by atoms with Gasteiger partial charge in [0.2, 0.25) is 10.0 Å². The standard InChI is InChI=1S/C11H16BrNO3S/c1-9-4-5-11(10(12)8-9)13-17(14,15)7-3-6-16-2/h4-5,8,13H,3,6-7H2,1-2H3. The van der Waals surface area contributed by atoms with Crippen molar-refractivity contribution < 1.29 is 13.2 Å². The molecule has 1 N–H and O–H groups in total. The number of hydrogen-bond acceptors (Lipinski definition) is 3. The number of nitrogens with one attached hydrogen (secondary N) is 1. The van der Waals surface area contributed by atoms with Gasteiger partial charge in [0.15, 0.2) is 0 Å². The molecule has 0 fully saturated rings. The van der Waals surface area contributed by atoms with E-state index in [1.807, 2.05) is 19.1 Å². The zero-order valence-electron chi connectivity index (χ0n) is 9.86. The molecule has 0 aliphatic heterocycles. The summed E-state index contributed by atoms with van der Waals surface area (Å²) in [5.41, 5.74) is 1.63. The van der Waals surface area contributed by atoms with E-state index in [1.165, 1.54) is 0 Å². The number of methoxy groups -OCH3 is 1. The third-order valence-electron chi connectivity index (χ3n) is 2.15. The van der Waals surface area contributed by atoms with Gasteiger partial charge in [-0.2, -0.15) is 0 Å². The zero-order valence-corrected chi connectivity index (χ0v) is 12.3. The van der Waals surface area contributed by atoms with Crippen molar-refractivity contribution in [1.29, 1.82) is 0 Å². The number of ether oxygens (including phenoxy) is 1. The summed E-state index contributed by atoms with van der Waals surface area (Å²) in [5.74, 6) is 0.0567. The fourth-order valence-electron chi connectivity index (χ4n) is 1.31. The Hall–Kier alpha value is -0.590. The smallest absolute Gasteiger partial charge is 0.232 e. The lowest BCUT2D eigenvalue weighted by atomic mass is 10.2. The number of sulfonamides is 1. The van der Waals surface area contributed by atoms with Gasteiger partial charge in [-0.1, -0.05) is 6.07 Å². The minimum atomic E-state index is -3.30. The highest BCUT2D eigenvalue weighted by Crippen LogP contribution is 2.24. The van der Waals surface area contributed by atoms with Gasteiger partial charge < -0.3 is 4.74 Å². The number of hydrogen-bond donors (Lipinski definition) is 1. The Labute approximate surface area is 111 Å². The third kappa shape index (κ3) is 5.06. The summed E-state index contributed by atoms with van der Waals surface area (Å²) in [6.07, 6.45) is 0.481. The molecule has 0 aliphatic rings. The quantitative estimate of drug-likeness (QED) is 0.819. The number of halogens is 1. The van der Waals surface area contributed by atoms with Gasteiger partial charge in [-0.05, 0) is 47.0 Å². The fourth-order valence-corrected chi connectivity index (χ4v) is 3.15. The number of benzene rings is 1. The molecule has 0 heterocycles. The lowest BCUT2D eigenvalue weighted by molar-refractivity contribution is 0.199. The predicted molar refractivity (Wildman–Crippen MR) is 72.8 cm³/mol. The molecule has 0 bridgehead atoms. The van der Waals surface area contributed by atoms with Crippen LogP contribution in [0.5, 0.6) is 0 Å². The molecular formula is C11H16BrNO3S. The Morgan fingerprint density at radius 2 is 2.12 bits per heavy atom. The molecule has 1 aromatic rings. The molecule has 0 unspecified atom stereocenters. The van der Waals surface area contributed by atoms with Crippen molar-refractivity contribution in [2.24, 2.45) is 0 Å². The molecule has 17 heavy (non-hydrogen) atoms. The molecule has 4 nitrogen and oxygen atoms in total. The highest BCUT2D eigenvalue weighted by Gasteiger charge is 2.11. The second-order valence-electron chi connectivity index (χ2n) is 3.75. The summed E-state index contributed by atoms with van der Waals surface area (Å²) < 4.78 is 31.6. The van der Waals surface area contributed by atoms with E-state index in [9.17, 15) is 8.42 Å². The van der Waals surface area contributed by atoms with E-state index >= 15 is 0 Å². The maximum atomic E-state index is 11.7. The molecule has 0 amide bonds. The van der Waals surface area contributed by atoms with Crippen LogP contribution >= 0.6 is 15.9 Å². The molecule has 0 saturated carbocycles. The SMILES string of the molecule is COCCCS(=O)(=O)Nc1ccc(C)cc1Br. The summed E-state index contributed by atoms with van der Waals surface area (Å²) in [6, 6.07) is 5.47. The van der Waals surface area contributed by atoms with Crippen LogP contribution in [-0.2, 0) is 14.8 Å². The molecule has 0 atom stereocenters. The van der Waals surface area contributed by atoms with Crippen molar-refractivity contribution in [2.45, 2.75) is 13.3 Å². The van der Waals surface area contributed by atoms with Crippen molar-refractivity contribution in [2.75, 3.05) is 24.2 Å². The first-order valence-electron chi connectivity index (χ1n) is 5.20. The van der Waals surface area contributed by atoms with Gasteiger partial charge in [0.25, 0.3) is 0 Å². The van der Waals surface area contributed by atoms with Gasteiger partial charge >= 0.3 is 0 Å². The van der Waals surface area contributed by atoms with Gasteiger partial charge in [0, 0.05) is 18.2 Å². The summed E-state index contributed by atoms with van der Waals surface area (Å²) in [6.45, 7) is 2.39. The Morgan fingerprint density at radius 1 is 1.41 bits per heavy atom. The maximum absolute atomic E-state index is 11.7. The molecule has 0 radical (unpaired) electrons.